The van der Waals surface area contributed by atoms with Crippen LogP contribution in [0.5, 0.6) is 0 Å². The summed E-state index contributed by atoms with van der Waals surface area (Å²) in [5, 5.41) is 0. The Morgan fingerprint density at radius 1 is 0.926 bits per heavy atom. The number of Topliss-reactive ketones (excluding diaryl/α,β-unsaturated/α-hetero) is 1. The van der Waals surface area contributed by atoms with Crippen LogP contribution in [0.3, 0.4) is 0 Å². The lowest BCUT2D eigenvalue weighted by atomic mass is 9.59. The highest BCUT2D eigenvalue weighted by molar-refractivity contribution is 5.86. The number of likely N-dealkylation sites (tertiary alicyclic amines) is 1. The van der Waals surface area contributed by atoms with E-state index in [-0.39, 0.29) is 5.41 Å². The van der Waals surface area contributed by atoms with Gasteiger partial charge in [-0.2, -0.15) is 0 Å². The molecule has 0 amide bonds. The predicted molar refractivity (Wildman–Crippen MR) is 116 cm³/mol. The molecule has 0 aromatic rings. The van der Waals surface area contributed by atoms with Crippen molar-refractivity contribution in [3.8, 4) is 0 Å². The molecule has 2 rings (SSSR count). The summed E-state index contributed by atoms with van der Waals surface area (Å²) in [6, 6.07) is 0. The highest BCUT2D eigenvalue weighted by Crippen LogP contribution is 2.51. The summed E-state index contributed by atoms with van der Waals surface area (Å²) in [6.45, 7) is 9.37. The Labute approximate surface area is 169 Å². The maximum Gasteiger partial charge on any atom is 0.139 e. The van der Waals surface area contributed by atoms with Crippen LogP contribution in [0.1, 0.15) is 97.3 Å². The third kappa shape index (κ3) is 6.56. The van der Waals surface area contributed by atoms with Crippen molar-refractivity contribution in [1.29, 1.82) is 0 Å². The average molecular weight is 379 g/mol. The molecule has 3 heteroatoms. The fourth-order valence-corrected chi connectivity index (χ4v) is 5.73. The number of carbonyl (C=O) groups is 1. The van der Waals surface area contributed by atoms with Crippen molar-refractivity contribution in [1.82, 2.24) is 9.80 Å². The molecule has 0 aromatic carbocycles. The second-order valence-electron chi connectivity index (χ2n) is 9.98. The van der Waals surface area contributed by atoms with E-state index >= 15 is 0 Å². The number of rotatable bonds is 12. The molecule has 1 aliphatic carbocycles. The maximum atomic E-state index is 13.2. The van der Waals surface area contributed by atoms with Crippen molar-refractivity contribution in [2.45, 2.75) is 97.3 Å². The summed E-state index contributed by atoms with van der Waals surface area (Å²) in [6.07, 6.45) is 15.9. The lowest BCUT2D eigenvalue weighted by molar-refractivity contribution is -0.137. The lowest BCUT2D eigenvalue weighted by Gasteiger charge is -2.44. The van der Waals surface area contributed by atoms with Crippen LogP contribution in [-0.4, -0.2) is 55.9 Å². The summed E-state index contributed by atoms with van der Waals surface area (Å²) in [4.78, 5) is 18.1. The monoisotopic (exact) mass is 378 g/mol. The predicted octanol–water partition coefficient (Wildman–Crippen LogP) is 5.53. The number of nitrogens with zero attached hydrogens (tertiary/aromatic N) is 2. The molecule has 1 heterocycles. The normalized spacial score (nSPS) is 25.7. The molecule has 1 atom stereocenters. The zero-order valence-corrected chi connectivity index (χ0v) is 18.8. The van der Waals surface area contributed by atoms with E-state index in [4.69, 9.17) is 0 Å². The Kier molecular flexibility index (Phi) is 9.28. The molecule has 1 saturated carbocycles. The van der Waals surface area contributed by atoms with Gasteiger partial charge in [0, 0.05) is 18.4 Å². The van der Waals surface area contributed by atoms with E-state index in [9.17, 15) is 4.79 Å². The van der Waals surface area contributed by atoms with Crippen molar-refractivity contribution in [3.05, 3.63) is 0 Å². The Bertz CT molecular complexity index is 442. The first-order valence-corrected chi connectivity index (χ1v) is 11.9. The molecule has 0 aromatic heterocycles. The third-order valence-corrected chi connectivity index (χ3v) is 7.32. The average Bonchev–Trinajstić information content (AvgIpc) is 3.01. The van der Waals surface area contributed by atoms with Crippen molar-refractivity contribution < 1.29 is 4.79 Å². The molecule has 27 heavy (non-hydrogen) atoms. The van der Waals surface area contributed by atoms with Crippen LogP contribution in [0.4, 0.5) is 0 Å². The highest BCUT2D eigenvalue weighted by Gasteiger charge is 2.49. The molecule has 1 aliphatic heterocycles. The van der Waals surface area contributed by atoms with E-state index in [1.807, 2.05) is 0 Å². The van der Waals surface area contributed by atoms with E-state index < -0.39 is 0 Å². The van der Waals surface area contributed by atoms with Crippen molar-refractivity contribution in [2.75, 3.05) is 40.3 Å². The first kappa shape index (κ1) is 22.9. The molecular weight excluding hydrogens is 332 g/mol. The van der Waals surface area contributed by atoms with Gasteiger partial charge in [0.25, 0.3) is 0 Å². The molecule has 0 bridgehead atoms. The van der Waals surface area contributed by atoms with Crippen LogP contribution in [-0.2, 0) is 4.79 Å². The van der Waals surface area contributed by atoms with Gasteiger partial charge in [0.2, 0.25) is 0 Å². The number of hydrogen-bond donors (Lipinski definition) is 0. The van der Waals surface area contributed by atoms with Crippen LogP contribution in [0.15, 0.2) is 0 Å². The zero-order valence-electron chi connectivity index (χ0n) is 18.8. The summed E-state index contributed by atoms with van der Waals surface area (Å²) in [5.41, 5.74) is 0.364. The van der Waals surface area contributed by atoms with Crippen molar-refractivity contribution in [2.24, 2.45) is 10.8 Å². The van der Waals surface area contributed by atoms with Gasteiger partial charge in [0.15, 0.2) is 0 Å². The van der Waals surface area contributed by atoms with Crippen LogP contribution in [0.2, 0.25) is 0 Å². The van der Waals surface area contributed by atoms with Gasteiger partial charge < -0.3 is 9.80 Å². The molecule has 3 nitrogen and oxygen atoms in total. The van der Waals surface area contributed by atoms with Gasteiger partial charge in [-0.3, -0.25) is 4.79 Å². The summed E-state index contributed by atoms with van der Waals surface area (Å²) in [5.74, 6) is 0.611. The standard InChI is InChI=1S/C24H46N2O/c1-5-12-24(13-6-2)15-14-23(20-22(24)27)16-19-26(21-23)18-11-9-7-8-10-17-25(3)4/h5-21H2,1-4H3. The minimum Gasteiger partial charge on any atom is -0.309 e. The van der Waals surface area contributed by atoms with E-state index in [1.165, 1.54) is 71.1 Å². The largest absolute Gasteiger partial charge is 0.309 e. The Morgan fingerprint density at radius 2 is 1.59 bits per heavy atom. The second kappa shape index (κ2) is 11.0. The highest BCUT2D eigenvalue weighted by atomic mass is 16.1. The van der Waals surface area contributed by atoms with Gasteiger partial charge in [0.05, 0.1) is 0 Å². The fraction of sp³-hybridized carbons (Fsp3) is 0.958. The Morgan fingerprint density at radius 3 is 2.22 bits per heavy atom. The van der Waals surface area contributed by atoms with E-state index in [0.717, 1.165) is 38.5 Å². The summed E-state index contributed by atoms with van der Waals surface area (Å²) in [7, 11) is 4.32. The summed E-state index contributed by atoms with van der Waals surface area (Å²) < 4.78 is 0. The Balaban J connectivity index is 1.70. The molecule has 0 radical (unpaired) electrons. The van der Waals surface area contributed by atoms with Gasteiger partial charge >= 0.3 is 0 Å². The van der Waals surface area contributed by atoms with E-state index in [0.29, 0.717) is 11.2 Å². The third-order valence-electron chi connectivity index (χ3n) is 7.32. The SMILES string of the molecule is CCCC1(CCC)CCC2(CCN(CCCCCCCN(C)C)C2)CC1=O. The molecule has 1 unspecified atom stereocenters. The van der Waals surface area contributed by atoms with Gasteiger partial charge in [-0.05, 0) is 84.1 Å². The van der Waals surface area contributed by atoms with Crippen LogP contribution >= 0.6 is 0 Å². The van der Waals surface area contributed by atoms with Gasteiger partial charge in [0.1, 0.15) is 5.78 Å². The van der Waals surface area contributed by atoms with Crippen molar-refractivity contribution in [3.63, 3.8) is 0 Å². The first-order chi connectivity index (χ1) is 13.0. The first-order valence-electron chi connectivity index (χ1n) is 11.9. The molecule has 2 fully saturated rings. The smallest absolute Gasteiger partial charge is 0.139 e. The van der Waals surface area contributed by atoms with Crippen LogP contribution < -0.4 is 0 Å². The number of carbonyl (C=O) groups excluding carboxylic acids is 1. The fourth-order valence-electron chi connectivity index (χ4n) is 5.73. The van der Waals surface area contributed by atoms with Crippen LogP contribution in [0, 0.1) is 10.8 Å². The molecular formula is C24H46N2O. The van der Waals surface area contributed by atoms with Gasteiger partial charge in [-0.15, -0.1) is 0 Å². The lowest BCUT2D eigenvalue weighted by Crippen LogP contribution is -2.43. The van der Waals surface area contributed by atoms with Gasteiger partial charge in [-0.25, -0.2) is 0 Å². The molecule has 158 valence electrons. The molecule has 0 N–H and O–H groups in total. The molecule has 1 spiro atoms. The second-order valence-corrected chi connectivity index (χ2v) is 9.98. The quantitative estimate of drug-likeness (QED) is 0.417. The molecule has 2 aliphatic rings. The van der Waals surface area contributed by atoms with Gasteiger partial charge in [-0.1, -0.05) is 46.0 Å². The molecule has 1 saturated heterocycles. The van der Waals surface area contributed by atoms with E-state index in [1.54, 1.807) is 0 Å². The minimum atomic E-state index is 0.0364. The summed E-state index contributed by atoms with van der Waals surface area (Å²) >= 11 is 0. The number of unbranched alkanes of at least 4 members (excludes halogenated alkanes) is 4. The number of ketones is 1. The minimum absolute atomic E-state index is 0.0364. The maximum absolute atomic E-state index is 13.2. The topological polar surface area (TPSA) is 23.6 Å². The van der Waals surface area contributed by atoms with Crippen molar-refractivity contribution >= 4 is 5.78 Å². The Hall–Kier alpha value is -0.410. The van der Waals surface area contributed by atoms with Crippen LogP contribution in [0.25, 0.3) is 0 Å². The zero-order chi connectivity index (χ0) is 19.8. The van der Waals surface area contributed by atoms with E-state index in [2.05, 4.69) is 37.7 Å². The number of hydrogen-bond acceptors (Lipinski definition) is 3.